The standard InChI is InChI=1S/C35H27NO/c1-23(2)35(37)36-22-24-11-9-14-26(21-24)33-29-16-5-7-18-31(29)34(32-19-8-6-17-30(32)33)28-20-10-13-25-12-3-4-15-27(25)28/h3-21H,1,22H2,2H3,(H,36,37). The summed E-state index contributed by atoms with van der Waals surface area (Å²) in [7, 11) is 0. The number of amides is 1. The van der Waals surface area contributed by atoms with E-state index in [0.29, 0.717) is 12.1 Å². The summed E-state index contributed by atoms with van der Waals surface area (Å²) >= 11 is 0. The van der Waals surface area contributed by atoms with Crippen molar-refractivity contribution in [2.75, 3.05) is 0 Å². The van der Waals surface area contributed by atoms with Crippen LogP contribution < -0.4 is 5.32 Å². The van der Waals surface area contributed by atoms with E-state index in [-0.39, 0.29) is 5.91 Å². The number of nitrogens with one attached hydrogen (secondary N) is 1. The summed E-state index contributed by atoms with van der Waals surface area (Å²) in [6.45, 7) is 5.93. The maximum absolute atomic E-state index is 12.1. The zero-order valence-electron chi connectivity index (χ0n) is 20.8. The number of hydrogen-bond acceptors (Lipinski definition) is 1. The van der Waals surface area contributed by atoms with Crippen molar-refractivity contribution in [1.82, 2.24) is 5.32 Å². The van der Waals surface area contributed by atoms with Crippen LogP contribution in [0.15, 0.2) is 127 Å². The van der Waals surface area contributed by atoms with Crippen molar-refractivity contribution in [3.05, 3.63) is 133 Å². The minimum atomic E-state index is -0.124. The molecule has 0 atom stereocenters. The molecule has 2 nitrogen and oxygen atoms in total. The first-order valence-corrected chi connectivity index (χ1v) is 12.6. The Bertz CT molecular complexity index is 1770. The minimum Gasteiger partial charge on any atom is -0.348 e. The molecule has 0 radical (unpaired) electrons. The summed E-state index contributed by atoms with van der Waals surface area (Å²) in [5.74, 6) is -0.124. The Hall–Kier alpha value is -4.69. The molecule has 0 bridgehead atoms. The lowest BCUT2D eigenvalue weighted by Gasteiger charge is -2.19. The van der Waals surface area contributed by atoms with Gasteiger partial charge < -0.3 is 5.32 Å². The Kier molecular flexibility index (Phi) is 5.78. The monoisotopic (exact) mass is 477 g/mol. The van der Waals surface area contributed by atoms with Gasteiger partial charge in [0.15, 0.2) is 0 Å². The fourth-order valence-electron chi connectivity index (χ4n) is 5.34. The molecule has 0 fully saturated rings. The third-order valence-electron chi connectivity index (χ3n) is 7.05. The first-order valence-electron chi connectivity index (χ1n) is 12.6. The quantitative estimate of drug-likeness (QED) is 0.195. The van der Waals surface area contributed by atoms with Gasteiger partial charge in [-0.15, -0.1) is 0 Å². The maximum Gasteiger partial charge on any atom is 0.246 e. The van der Waals surface area contributed by atoms with Crippen LogP contribution in [0.3, 0.4) is 0 Å². The molecule has 0 aliphatic heterocycles. The molecule has 0 heterocycles. The lowest BCUT2D eigenvalue weighted by Crippen LogP contribution is -2.22. The van der Waals surface area contributed by atoms with E-state index in [1.54, 1.807) is 6.92 Å². The lowest BCUT2D eigenvalue weighted by atomic mass is 9.84. The average molecular weight is 478 g/mol. The van der Waals surface area contributed by atoms with E-state index in [1.807, 2.05) is 0 Å². The van der Waals surface area contributed by atoms with Crippen LogP contribution in [0, 0.1) is 0 Å². The molecular weight excluding hydrogens is 450 g/mol. The van der Waals surface area contributed by atoms with Gasteiger partial charge in [-0.3, -0.25) is 4.79 Å². The molecule has 0 spiro atoms. The second-order valence-corrected chi connectivity index (χ2v) is 9.53. The summed E-state index contributed by atoms with van der Waals surface area (Å²) in [4.78, 5) is 12.1. The molecule has 0 aliphatic carbocycles. The number of benzene rings is 6. The summed E-state index contributed by atoms with van der Waals surface area (Å²) in [5, 5.41) is 10.3. The van der Waals surface area contributed by atoms with Crippen LogP contribution in [0.4, 0.5) is 0 Å². The largest absolute Gasteiger partial charge is 0.348 e. The highest BCUT2D eigenvalue weighted by Crippen LogP contribution is 2.45. The van der Waals surface area contributed by atoms with Gasteiger partial charge in [0.25, 0.3) is 0 Å². The van der Waals surface area contributed by atoms with Crippen molar-refractivity contribution >= 4 is 38.2 Å². The van der Waals surface area contributed by atoms with Crippen molar-refractivity contribution < 1.29 is 4.79 Å². The first-order chi connectivity index (χ1) is 18.1. The predicted octanol–water partition coefficient (Wildman–Crippen LogP) is 8.67. The van der Waals surface area contributed by atoms with Crippen LogP contribution in [0.2, 0.25) is 0 Å². The summed E-state index contributed by atoms with van der Waals surface area (Å²) in [6, 6.07) is 41.0. The van der Waals surface area contributed by atoms with Gasteiger partial charge in [0, 0.05) is 12.1 Å². The number of carbonyl (C=O) groups excluding carboxylic acids is 1. The van der Waals surface area contributed by atoms with Crippen LogP contribution in [-0.4, -0.2) is 5.91 Å². The minimum absolute atomic E-state index is 0.124. The molecule has 0 saturated heterocycles. The number of hydrogen-bond donors (Lipinski definition) is 1. The summed E-state index contributed by atoms with van der Waals surface area (Å²) in [5.41, 5.74) is 6.42. The van der Waals surface area contributed by atoms with E-state index in [9.17, 15) is 4.79 Å². The molecule has 1 amide bonds. The summed E-state index contributed by atoms with van der Waals surface area (Å²) in [6.07, 6.45) is 0. The zero-order chi connectivity index (χ0) is 25.4. The third-order valence-corrected chi connectivity index (χ3v) is 7.05. The molecule has 0 unspecified atom stereocenters. The van der Waals surface area contributed by atoms with E-state index in [1.165, 1.54) is 49.0 Å². The average Bonchev–Trinajstić information content (AvgIpc) is 2.94. The Labute approximate surface area is 216 Å². The van der Waals surface area contributed by atoms with Crippen LogP contribution in [0.1, 0.15) is 12.5 Å². The lowest BCUT2D eigenvalue weighted by molar-refractivity contribution is -0.117. The molecule has 1 N–H and O–H groups in total. The van der Waals surface area contributed by atoms with E-state index >= 15 is 0 Å². The van der Waals surface area contributed by atoms with Crippen LogP contribution >= 0.6 is 0 Å². The van der Waals surface area contributed by atoms with Gasteiger partial charge in [-0.25, -0.2) is 0 Å². The Morgan fingerprint density at radius 1 is 0.649 bits per heavy atom. The third kappa shape index (κ3) is 4.07. The van der Waals surface area contributed by atoms with Crippen molar-refractivity contribution in [2.24, 2.45) is 0 Å². The smallest absolute Gasteiger partial charge is 0.246 e. The van der Waals surface area contributed by atoms with Gasteiger partial charge in [0.05, 0.1) is 0 Å². The molecule has 6 rings (SSSR count). The van der Waals surface area contributed by atoms with Crippen molar-refractivity contribution in [2.45, 2.75) is 13.5 Å². The fraction of sp³-hybridized carbons (Fsp3) is 0.0571. The Morgan fingerprint density at radius 2 is 1.19 bits per heavy atom. The van der Waals surface area contributed by atoms with Gasteiger partial charge in [-0.2, -0.15) is 0 Å². The van der Waals surface area contributed by atoms with Crippen LogP contribution in [0.25, 0.3) is 54.6 Å². The van der Waals surface area contributed by atoms with E-state index in [0.717, 1.165) is 11.1 Å². The molecule has 0 aliphatic rings. The second-order valence-electron chi connectivity index (χ2n) is 9.53. The molecule has 6 aromatic carbocycles. The SMILES string of the molecule is C=C(C)C(=O)NCc1cccc(-c2c3ccccc3c(-c3cccc4ccccc34)c3ccccc23)c1. The van der Waals surface area contributed by atoms with Crippen LogP contribution in [0.5, 0.6) is 0 Å². The van der Waals surface area contributed by atoms with Gasteiger partial charge in [-0.05, 0) is 73.1 Å². The molecule has 0 saturated carbocycles. The number of carbonyl (C=O) groups is 1. The van der Waals surface area contributed by atoms with Gasteiger partial charge in [0.1, 0.15) is 0 Å². The first kappa shape index (κ1) is 22.8. The van der Waals surface area contributed by atoms with E-state index in [4.69, 9.17) is 0 Å². The molecular formula is C35H27NO. The molecule has 0 aromatic heterocycles. The number of fused-ring (bicyclic) bond motifs is 3. The topological polar surface area (TPSA) is 29.1 Å². The van der Waals surface area contributed by atoms with Crippen molar-refractivity contribution in [3.8, 4) is 22.3 Å². The second kappa shape index (κ2) is 9.40. The molecule has 37 heavy (non-hydrogen) atoms. The van der Waals surface area contributed by atoms with Gasteiger partial charge in [-0.1, -0.05) is 116 Å². The fourth-order valence-corrected chi connectivity index (χ4v) is 5.34. The highest BCUT2D eigenvalue weighted by molar-refractivity contribution is 6.23. The van der Waals surface area contributed by atoms with Crippen molar-refractivity contribution in [1.29, 1.82) is 0 Å². The molecule has 6 aromatic rings. The predicted molar refractivity (Wildman–Crippen MR) is 156 cm³/mol. The maximum atomic E-state index is 12.1. The summed E-state index contributed by atoms with van der Waals surface area (Å²) < 4.78 is 0. The van der Waals surface area contributed by atoms with Crippen LogP contribution in [-0.2, 0) is 11.3 Å². The van der Waals surface area contributed by atoms with E-state index < -0.39 is 0 Å². The molecule has 178 valence electrons. The van der Waals surface area contributed by atoms with Gasteiger partial charge >= 0.3 is 0 Å². The van der Waals surface area contributed by atoms with Crippen molar-refractivity contribution in [3.63, 3.8) is 0 Å². The van der Waals surface area contributed by atoms with E-state index in [2.05, 4.69) is 127 Å². The highest BCUT2D eigenvalue weighted by atomic mass is 16.1. The normalized spacial score (nSPS) is 11.2. The zero-order valence-corrected chi connectivity index (χ0v) is 20.8. The molecule has 2 heteroatoms. The Morgan fingerprint density at radius 3 is 1.84 bits per heavy atom. The van der Waals surface area contributed by atoms with Gasteiger partial charge in [0.2, 0.25) is 5.91 Å². The highest BCUT2D eigenvalue weighted by Gasteiger charge is 2.17. The number of rotatable bonds is 5. The Balaban J connectivity index is 1.62.